The van der Waals surface area contributed by atoms with Crippen molar-refractivity contribution in [3.8, 4) is 0 Å². The van der Waals surface area contributed by atoms with Crippen LogP contribution in [0, 0.1) is 0 Å². The quantitative estimate of drug-likeness (QED) is 0.776. The Morgan fingerprint density at radius 2 is 1.58 bits per heavy atom. The molecule has 0 fully saturated rings. The van der Waals surface area contributed by atoms with Crippen molar-refractivity contribution >= 4 is 13.3 Å². The molecular weight excluding hydrogens is 250 g/mol. The lowest BCUT2D eigenvalue weighted by Crippen LogP contribution is -2.37. The van der Waals surface area contributed by atoms with Crippen molar-refractivity contribution in [3.05, 3.63) is 54.0 Å². The van der Waals surface area contributed by atoms with Gasteiger partial charge in [-0.15, -0.1) is 0 Å². The molecule has 19 heavy (non-hydrogen) atoms. The van der Waals surface area contributed by atoms with Gasteiger partial charge in [0.15, 0.2) is 0 Å². The lowest BCUT2D eigenvalue weighted by atomic mass is 10.2. The molecule has 0 radical (unpaired) electrons. The molecule has 102 valence electrons. The average Bonchev–Trinajstić information content (AvgIpc) is 2.81. The third-order valence-electron chi connectivity index (χ3n) is 3.31. The molecule has 3 heteroatoms. The molecule has 0 amide bonds. The van der Waals surface area contributed by atoms with Gasteiger partial charge < -0.3 is 4.42 Å². The predicted octanol–water partition coefficient (Wildman–Crippen LogP) is 3.46. The van der Waals surface area contributed by atoms with Gasteiger partial charge in [0, 0.05) is 18.7 Å². The molecule has 1 aromatic heterocycles. The highest BCUT2D eigenvalue weighted by Crippen LogP contribution is 2.09. The van der Waals surface area contributed by atoms with Crippen molar-refractivity contribution < 1.29 is 4.42 Å². The fourth-order valence-electron chi connectivity index (χ4n) is 2.17. The lowest BCUT2D eigenvalue weighted by Gasteiger charge is -2.19. The summed E-state index contributed by atoms with van der Waals surface area (Å²) < 4.78 is 5.10. The Morgan fingerprint density at radius 3 is 2.11 bits per heavy atom. The van der Waals surface area contributed by atoms with Crippen LogP contribution in [0.2, 0.25) is 19.6 Å². The summed E-state index contributed by atoms with van der Waals surface area (Å²) in [5.74, 6) is 0. The highest BCUT2D eigenvalue weighted by atomic mass is 28.3. The Labute approximate surface area is 117 Å². The highest BCUT2D eigenvalue weighted by Gasteiger charge is 2.15. The monoisotopic (exact) mass is 273 g/mol. The van der Waals surface area contributed by atoms with Gasteiger partial charge in [-0.1, -0.05) is 49.1 Å². The fraction of sp³-hybridized carbons (Fsp3) is 0.375. The Bertz CT molecular complexity index is 497. The summed E-state index contributed by atoms with van der Waals surface area (Å²) in [6.45, 7) is 9.04. The largest absolute Gasteiger partial charge is 0.472 e. The van der Waals surface area contributed by atoms with Gasteiger partial charge in [-0.3, -0.25) is 4.90 Å². The van der Waals surface area contributed by atoms with Crippen LogP contribution in [0.25, 0.3) is 0 Å². The van der Waals surface area contributed by atoms with E-state index in [-0.39, 0.29) is 0 Å². The zero-order valence-electron chi connectivity index (χ0n) is 12.3. The van der Waals surface area contributed by atoms with Gasteiger partial charge in [0.25, 0.3) is 0 Å². The number of furan rings is 1. The van der Waals surface area contributed by atoms with Crippen LogP contribution in [0.1, 0.15) is 11.1 Å². The maximum absolute atomic E-state index is 5.10. The Balaban J connectivity index is 1.96. The van der Waals surface area contributed by atoms with E-state index < -0.39 is 8.07 Å². The summed E-state index contributed by atoms with van der Waals surface area (Å²) in [5, 5.41) is 1.52. The van der Waals surface area contributed by atoms with Crippen molar-refractivity contribution in [2.24, 2.45) is 0 Å². The average molecular weight is 273 g/mol. The molecule has 0 atom stereocenters. The second kappa shape index (κ2) is 5.76. The number of rotatable bonds is 5. The SMILES string of the molecule is CN(Cc1ccc([Si](C)(C)C)cc1)Cc1ccoc1. The standard InChI is InChI=1S/C16H23NOSi/c1-17(12-15-9-10-18-13-15)11-14-5-7-16(8-6-14)19(2,3)4/h5-10,13H,11-12H2,1-4H3. The summed E-state index contributed by atoms with van der Waals surface area (Å²) >= 11 is 0. The van der Waals surface area contributed by atoms with Gasteiger partial charge in [0.2, 0.25) is 0 Å². The fourth-order valence-corrected chi connectivity index (χ4v) is 3.34. The van der Waals surface area contributed by atoms with Crippen molar-refractivity contribution in [1.82, 2.24) is 4.90 Å². The molecule has 0 unspecified atom stereocenters. The van der Waals surface area contributed by atoms with Gasteiger partial charge >= 0.3 is 0 Å². The van der Waals surface area contributed by atoms with Gasteiger partial charge in [-0.2, -0.15) is 0 Å². The molecular formula is C16H23NOSi. The highest BCUT2D eigenvalue weighted by molar-refractivity contribution is 6.88. The third-order valence-corrected chi connectivity index (χ3v) is 5.37. The molecule has 1 aromatic carbocycles. The van der Waals surface area contributed by atoms with Gasteiger partial charge in [-0.05, 0) is 18.7 Å². The maximum atomic E-state index is 5.10. The molecule has 0 aliphatic carbocycles. The van der Waals surface area contributed by atoms with Crippen molar-refractivity contribution in [2.75, 3.05) is 7.05 Å². The van der Waals surface area contributed by atoms with Crippen LogP contribution >= 0.6 is 0 Å². The zero-order chi connectivity index (χ0) is 13.9. The molecule has 2 rings (SSSR count). The first-order valence-electron chi connectivity index (χ1n) is 6.74. The molecule has 0 spiro atoms. The lowest BCUT2D eigenvalue weighted by molar-refractivity contribution is 0.318. The van der Waals surface area contributed by atoms with E-state index in [0.717, 1.165) is 13.1 Å². The zero-order valence-corrected chi connectivity index (χ0v) is 13.3. The second-order valence-electron chi connectivity index (χ2n) is 6.25. The normalized spacial score (nSPS) is 12.1. The van der Waals surface area contributed by atoms with Crippen LogP contribution in [-0.2, 0) is 13.1 Å². The smallest absolute Gasteiger partial charge is 0.0947 e. The molecule has 0 aliphatic heterocycles. The number of nitrogens with zero attached hydrogens (tertiary/aromatic N) is 1. The van der Waals surface area contributed by atoms with E-state index in [1.165, 1.54) is 16.3 Å². The minimum atomic E-state index is -1.17. The van der Waals surface area contributed by atoms with Crippen LogP contribution in [0.15, 0.2) is 47.3 Å². The van der Waals surface area contributed by atoms with Gasteiger partial charge in [0.1, 0.15) is 0 Å². The van der Waals surface area contributed by atoms with Crippen LogP contribution in [0.3, 0.4) is 0 Å². The summed E-state index contributed by atoms with van der Waals surface area (Å²) in [5.41, 5.74) is 2.59. The summed E-state index contributed by atoms with van der Waals surface area (Å²) in [7, 11) is 0.964. The second-order valence-corrected chi connectivity index (χ2v) is 11.3. The molecule has 0 saturated carbocycles. The van der Waals surface area contributed by atoms with Crippen LogP contribution < -0.4 is 5.19 Å². The number of hydrogen-bond donors (Lipinski definition) is 0. The van der Waals surface area contributed by atoms with Crippen LogP contribution in [0.5, 0.6) is 0 Å². The van der Waals surface area contributed by atoms with Crippen LogP contribution in [-0.4, -0.2) is 20.0 Å². The number of hydrogen-bond acceptors (Lipinski definition) is 2. The molecule has 0 saturated heterocycles. The van der Waals surface area contributed by atoms with E-state index >= 15 is 0 Å². The molecule has 0 aliphatic rings. The van der Waals surface area contributed by atoms with E-state index in [4.69, 9.17) is 4.42 Å². The number of benzene rings is 1. The van der Waals surface area contributed by atoms with Crippen LogP contribution in [0.4, 0.5) is 0 Å². The van der Waals surface area contributed by atoms with E-state index in [9.17, 15) is 0 Å². The van der Waals surface area contributed by atoms with Crippen molar-refractivity contribution in [2.45, 2.75) is 32.7 Å². The van der Waals surface area contributed by atoms with E-state index in [1.54, 1.807) is 6.26 Å². The first-order chi connectivity index (χ1) is 8.95. The Kier molecular flexibility index (Phi) is 4.27. The Hall–Kier alpha value is -1.32. The maximum Gasteiger partial charge on any atom is 0.0947 e. The first-order valence-corrected chi connectivity index (χ1v) is 10.2. The van der Waals surface area contributed by atoms with Gasteiger partial charge in [0.05, 0.1) is 20.6 Å². The predicted molar refractivity (Wildman–Crippen MR) is 83.3 cm³/mol. The van der Waals surface area contributed by atoms with Crippen molar-refractivity contribution in [1.29, 1.82) is 0 Å². The molecule has 2 aromatic rings. The third kappa shape index (κ3) is 4.08. The summed E-state index contributed by atoms with van der Waals surface area (Å²) in [6.07, 6.45) is 3.54. The Morgan fingerprint density at radius 1 is 0.947 bits per heavy atom. The van der Waals surface area contributed by atoms with E-state index in [0.29, 0.717) is 0 Å². The van der Waals surface area contributed by atoms with E-state index in [1.807, 2.05) is 12.3 Å². The van der Waals surface area contributed by atoms with Gasteiger partial charge in [-0.25, -0.2) is 0 Å². The minimum absolute atomic E-state index is 0.923. The molecule has 2 nitrogen and oxygen atoms in total. The first kappa shape index (κ1) is 14.1. The van der Waals surface area contributed by atoms with Crippen molar-refractivity contribution in [3.63, 3.8) is 0 Å². The molecule has 0 bridgehead atoms. The minimum Gasteiger partial charge on any atom is -0.472 e. The summed E-state index contributed by atoms with van der Waals surface area (Å²) in [6, 6.07) is 11.1. The molecule has 0 N–H and O–H groups in total. The summed E-state index contributed by atoms with van der Waals surface area (Å²) in [4.78, 5) is 2.30. The topological polar surface area (TPSA) is 16.4 Å². The van der Waals surface area contributed by atoms with E-state index in [2.05, 4.69) is 55.9 Å². The molecule has 1 heterocycles.